The molecule has 0 fully saturated rings. The Morgan fingerprint density at radius 2 is 1.75 bits per heavy atom. The fraction of sp³-hybridized carbons (Fsp3) is 0.312. The van der Waals surface area contributed by atoms with Gasteiger partial charge in [0.15, 0.2) is 0 Å². The molecule has 0 aliphatic rings. The van der Waals surface area contributed by atoms with E-state index in [1.54, 1.807) is 19.5 Å². The molecule has 2 unspecified atom stereocenters. The van der Waals surface area contributed by atoms with Crippen LogP contribution in [0.4, 0.5) is 0 Å². The minimum absolute atomic E-state index is 0.164. The zero-order valence-electron chi connectivity index (χ0n) is 11.8. The van der Waals surface area contributed by atoms with Gasteiger partial charge in [-0.3, -0.25) is 4.98 Å². The Balaban J connectivity index is 1.89. The van der Waals surface area contributed by atoms with Crippen LogP contribution in [0.5, 0.6) is 5.75 Å². The van der Waals surface area contributed by atoms with Crippen LogP contribution in [0, 0.1) is 0 Å². The molecule has 1 heterocycles. The number of rotatable bonds is 6. The Morgan fingerprint density at radius 1 is 1.10 bits per heavy atom. The van der Waals surface area contributed by atoms with Gasteiger partial charge in [-0.15, -0.1) is 0 Å². The summed E-state index contributed by atoms with van der Waals surface area (Å²) in [5.74, 6) is 0.845. The molecule has 0 saturated heterocycles. The first-order valence-electron chi connectivity index (χ1n) is 6.66. The minimum Gasteiger partial charge on any atom is -0.497 e. The Kier molecular flexibility index (Phi) is 5.09. The summed E-state index contributed by atoms with van der Waals surface area (Å²) < 4.78 is 5.14. The first-order chi connectivity index (χ1) is 9.70. The number of aliphatic hydroxyl groups is 1. The predicted octanol–water partition coefficient (Wildman–Crippen LogP) is 2.47. The number of pyridine rings is 1. The van der Waals surface area contributed by atoms with Gasteiger partial charge in [0.05, 0.1) is 13.2 Å². The van der Waals surface area contributed by atoms with Crippen LogP contribution in [0.3, 0.4) is 0 Å². The summed E-state index contributed by atoms with van der Waals surface area (Å²) in [5.41, 5.74) is 2.03. The zero-order valence-corrected chi connectivity index (χ0v) is 11.8. The van der Waals surface area contributed by atoms with E-state index < -0.39 is 6.10 Å². The van der Waals surface area contributed by atoms with Crippen molar-refractivity contribution in [2.45, 2.75) is 19.1 Å². The topological polar surface area (TPSA) is 54.4 Å². The summed E-state index contributed by atoms with van der Waals surface area (Å²) in [6.07, 6.45) is 2.84. The summed E-state index contributed by atoms with van der Waals surface area (Å²) in [4.78, 5) is 3.94. The number of nitrogens with one attached hydrogen (secondary N) is 1. The standard InChI is InChI=1S/C16H20N2O2/c1-12(13-3-5-15(20-2)6-4-13)18-11-16(19)14-7-9-17-10-8-14/h3-10,12,16,18-19H,11H2,1-2H3. The molecule has 2 rings (SSSR count). The predicted molar refractivity (Wildman–Crippen MR) is 78.6 cm³/mol. The smallest absolute Gasteiger partial charge is 0.118 e. The monoisotopic (exact) mass is 272 g/mol. The second-order valence-electron chi connectivity index (χ2n) is 4.70. The molecule has 4 heteroatoms. The van der Waals surface area contributed by atoms with E-state index in [0.29, 0.717) is 6.54 Å². The highest BCUT2D eigenvalue weighted by Crippen LogP contribution is 2.18. The Labute approximate surface area is 119 Å². The number of nitrogens with zero attached hydrogens (tertiary/aromatic N) is 1. The normalized spacial score (nSPS) is 13.8. The highest BCUT2D eigenvalue weighted by molar-refractivity contribution is 5.28. The van der Waals surface area contributed by atoms with Crippen LogP contribution in [0.25, 0.3) is 0 Å². The molecule has 0 radical (unpaired) electrons. The van der Waals surface area contributed by atoms with E-state index in [1.807, 2.05) is 36.4 Å². The molecule has 20 heavy (non-hydrogen) atoms. The van der Waals surface area contributed by atoms with Crippen LogP contribution in [0.1, 0.15) is 30.2 Å². The molecule has 1 aromatic carbocycles. The van der Waals surface area contributed by atoms with Crippen LogP contribution in [-0.4, -0.2) is 23.7 Å². The molecule has 1 aromatic heterocycles. The van der Waals surface area contributed by atoms with E-state index in [0.717, 1.165) is 16.9 Å². The summed E-state index contributed by atoms with van der Waals surface area (Å²) in [6.45, 7) is 2.57. The summed E-state index contributed by atoms with van der Waals surface area (Å²) in [5, 5.41) is 13.4. The molecule has 0 aliphatic heterocycles. The molecule has 0 bridgehead atoms. The maximum absolute atomic E-state index is 10.1. The van der Waals surface area contributed by atoms with Crippen LogP contribution >= 0.6 is 0 Å². The number of benzene rings is 1. The van der Waals surface area contributed by atoms with E-state index in [2.05, 4.69) is 17.2 Å². The van der Waals surface area contributed by atoms with E-state index in [-0.39, 0.29) is 6.04 Å². The highest BCUT2D eigenvalue weighted by Gasteiger charge is 2.10. The summed E-state index contributed by atoms with van der Waals surface area (Å²) >= 11 is 0. The van der Waals surface area contributed by atoms with Gasteiger partial charge in [0.1, 0.15) is 5.75 Å². The molecule has 0 amide bonds. The zero-order chi connectivity index (χ0) is 14.4. The largest absolute Gasteiger partial charge is 0.497 e. The molecule has 0 aliphatic carbocycles. The molecular formula is C16H20N2O2. The maximum atomic E-state index is 10.1. The Bertz CT molecular complexity index is 514. The highest BCUT2D eigenvalue weighted by atomic mass is 16.5. The van der Waals surface area contributed by atoms with Crippen molar-refractivity contribution in [1.29, 1.82) is 0 Å². The molecular weight excluding hydrogens is 252 g/mol. The van der Waals surface area contributed by atoms with Gasteiger partial charge in [0, 0.05) is 25.0 Å². The number of methoxy groups -OCH3 is 1. The van der Waals surface area contributed by atoms with Gasteiger partial charge >= 0.3 is 0 Å². The van der Waals surface area contributed by atoms with Crippen LogP contribution in [0.15, 0.2) is 48.8 Å². The molecule has 0 spiro atoms. The number of aliphatic hydroxyl groups excluding tert-OH is 1. The fourth-order valence-electron chi connectivity index (χ4n) is 2.00. The third-order valence-corrected chi connectivity index (χ3v) is 3.32. The third kappa shape index (κ3) is 3.79. The quantitative estimate of drug-likeness (QED) is 0.848. The van der Waals surface area contributed by atoms with Crippen LogP contribution in [0.2, 0.25) is 0 Å². The van der Waals surface area contributed by atoms with Gasteiger partial charge in [0.2, 0.25) is 0 Å². The Hall–Kier alpha value is -1.91. The van der Waals surface area contributed by atoms with Gasteiger partial charge < -0.3 is 15.2 Å². The average Bonchev–Trinajstić information content (AvgIpc) is 2.53. The first kappa shape index (κ1) is 14.5. The number of hydrogen-bond donors (Lipinski definition) is 2. The van der Waals surface area contributed by atoms with Gasteiger partial charge in [-0.05, 0) is 42.3 Å². The third-order valence-electron chi connectivity index (χ3n) is 3.32. The van der Waals surface area contributed by atoms with Crippen molar-refractivity contribution in [2.24, 2.45) is 0 Å². The van der Waals surface area contributed by atoms with Gasteiger partial charge in [-0.1, -0.05) is 12.1 Å². The minimum atomic E-state index is -0.529. The van der Waals surface area contributed by atoms with Gasteiger partial charge in [-0.2, -0.15) is 0 Å². The lowest BCUT2D eigenvalue weighted by Crippen LogP contribution is -2.24. The fourth-order valence-corrected chi connectivity index (χ4v) is 2.00. The molecule has 2 N–H and O–H groups in total. The number of hydrogen-bond acceptors (Lipinski definition) is 4. The van der Waals surface area contributed by atoms with E-state index in [4.69, 9.17) is 4.74 Å². The second-order valence-corrected chi connectivity index (χ2v) is 4.70. The molecule has 2 aromatic rings. The SMILES string of the molecule is COc1ccc(C(C)NCC(O)c2ccncc2)cc1. The lowest BCUT2D eigenvalue weighted by atomic mass is 10.1. The van der Waals surface area contributed by atoms with E-state index in [1.165, 1.54) is 0 Å². The number of ether oxygens (including phenoxy) is 1. The van der Waals surface area contributed by atoms with Crippen molar-refractivity contribution >= 4 is 0 Å². The van der Waals surface area contributed by atoms with Crippen molar-refractivity contribution in [3.8, 4) is 5.75 Å². The van der Waals surface area contributed by atoms with Crippen molar-refractivity contribution in [3.63, 3.8) is 0 Å². The van der Waals surface area contributed by atoms with Crippen molar-refractivity contribution in [1.82, 2.24) is 10.3 Å². The number of aromatic nitrogens is 1. The van der Waals surface area contributed by atoms with E-state index >= 15 is 0 Å². The van der Waals surface area contributed by atoms with Crippen molar-refractivity contribution in [3.05, 3.63) is 59.9 Å². The average molecular weight is 272 g/mol. The summed E-state index contributed by atoms with van der Waals surface area (Å²) in [6, 6.07) is 11.7. The molecule has 0 saturated carbocycles. The molecule has 4 nitrogen and oxygen atoms in total. The van der Waals surface area contributed by atoms with Gasteiger partial charge in [0.25, 0.3) is 0 Å². The summed E-state index contributed by atoms with van der Waals surface area (Å²) in [7, 11) is 1.65. The Morgan fingerprint density at radius 3 is 2.35 bits per heavy atom. The van der Waals surface area contributed by atoms with Crippen LogP contribution in [-0.2, 0) is 0 Å². The molecule has 2 atom stereocenters. The van der Waals surface area contributed by atoms with Crippen molar-refractivity contribution in [2.75, 3.05) is 13.7 Å². The first-order valence-corrected chi connectivity index (χ1v) is 6.66. The van der Waals surface area contributed by atoms with E-state index in [9.17, 15) is 5.11 Å². The van der Waals surface area contributed by atoms with Crippen molar-refractivity contribution < 1.29 is 9.84 Å². The van der Waals surface area contributed by atoms with Crippen LogP contribution < -0.4 is 10.1 Å². The lowest BCUT2D eigenvalue weighted by Gasteiger charge is -2.18. The maximum Gasteiger partial charge on any atom is 0.118 e. The van der Waals surface area contributed by atoms with Gasteiger partial charge in [-0.25, -0.2) is 0 Å². The molecule has 106 valence electrons. The second kappa shape index (κ2) is 7.03. The lowest BCUT2D eigenvalue weighted by molar-refractivity contribution is 0.170.